The highest BCUT2D eigenvalue weighted by Crippen LogP contribution is 2.16. The third-order valence-corrected chi connectivity index (χ3v) is 1.61. The number of aromatic nitrogens is 1. The summed E-state index contributed by atoms with van der Waals surface area (Å²) in [6.45, 7) is -0.640. The van der Waals surface area contributed by atoms with Crippen molar-refractivity contribution in [3.8, 4) is 0 Å². The molecule has 6 nitrogen and oxygen atoms in total. The van der Waals surface area contributed by atoms with Crippen LogP contribution in [0.2, 0.25) is 0 Å². The van der Waals surface area contributed by atoms with E-state index in [-0.39, 0.29) is 5.89 Å². The van der Waals surface area contributed by atoms with Gasteiger partial charge in [0.05, 0.1) is 12.8 Å². The Hall–Kier alpha value is -0.950. The Labute approximate surface area is 74.1 Å². The minimum absolute atomic E-state index is 0.0972. The van der Waals surface area contributed by atoms with Gasteiger partial charge in [-0.3, -0.25) is 0 Å². The summed E-state index contributed by atoms with van der Waals surface area (Å²) in [7, 11) is 0. The maximum absolute atomic E-state index is 9.30. The number of aliphatic hydroxyl groups excluding tert-OH is 4. The van der Waals surface area contributed by atoms with Gasteiger partial charge in [0.2, 0.25) is 5.89 Å². The Balaban J connectivity index is 2.62. The van der Waals surface area contributed by atoms with Crippen LogP contribution in [0.4, 0.5) is 0 Å². The van der Waals surface area contributed by atoms with E-state index >= 15 is 0 Å². The van der Waals surface area contributed by atoms with Crippen LogP contribution >= 0.6 is 0 Å². The zero-order valence-corrected chi connectivity index (χ0v) is 6.74. The second-order valence-electron chi connectivity index (χ2n) is 2.56. The summed E-state index contributed by atoms with van der Waals surface area (Å²) in [5, 5.41) is 35.9. The molecular formula is C7H11NO5. The normalized spacial score (nSPS) is 18.2. The van der Waals surface area contributed by atoms with Crippen molar-refractivity contribution in [2.45, 2.75) is 18.3 Å². The van der Waals surface area contributed by atoms with E-state index in [0.717, 1.165) is 0 Å². The summed E-state index contributed by atoms with van der Waals surface area (Å²) in [5.41, 5.74) is 0. The second-order valence-corrected chi connectivity index (χ2v) is 2.56. The molecule has 0 aliphatic carbocycles. The Morgan fingerprint density at radius 3 is 2.54 bits per heavy atom. The van der Waals surface area contributed by atoms with Gasteiger partial charge in [0.1, 0.15) is 18.5 Å². The van der Waals surface area contributed by atoms with Crippen LogP contribution in [0.25, 0.3) is 0 Å². The zero-order chi connectivity index (χ0) is 9.84. The number of aliphatic hydroxyl groups is 4. The summed E-state index contributed by atoms with van der Waals surface area (Å²) >= 11 is 0. The summed E-state index contributed by atoms with van der Waals surface area (Å²) in [6.07, 6.45) is -1.82. The maximum Gasteiger partial charge on any atom is 0.225 e. The lowest BCUT2D eigenvalue weighted by Crippen LogP contribution is -2.34. The lowest BCUT2D eigenvalue weighted by atomic mass is 10.1. The van der Waals surface area contributed by atoms with Gasteiger partial charge in [-0.25, -0.2) is 4.98 Å². The van der Waals surface area contributed by atoms with Gasteiger partial charge in [0.25, 0.3) is 0 Å². The van der Waals surface area contributed by atoms with Crippen molar-refractivity contribution in [3.05, 3.63) is 18.4 Å². The molecule has 0 fully saturated rings. The molecule has 0 spiro atoms. The van der Waals surface area contributed by atoms with E-state index < -0.39 is 24.9 Å². The third-order valence-electron chi connectivity index (χ3n) is 1.61. The molecule has 0 amide bonds. The standard InChI is InChI=1S/C7H11NO5/c9-3-4(10)5(11)6(12)7-8-1-2-13-7/h1-2,4-6,9-12H,3H2. The quantitative estimate of drug-likeness (QED) is 0.455. The molecule has 6 heteroatoms. The van der Waals surface area contributed by atoms with Crippen LogP contribution < -0.4 is 0 Å². The van der Waals surface area contributed by atoms with Crippen LogP contribution in [-0.2, 0) is 0 Å². The Morgan fingerprint density at radius 2 is 2.08 bits per heavy atom. The summed E-state index contributed by atoms with van der Waals surface area (Å²) in [5.74, 6) is -0.0972. The average molecular weight is 189 g/mol. The fourth-order valence-electron chi connectivity index (χ4n) is 0.845. The number of oxazole rings is 1. The van der Waals surface area contributed by atoms with Crippen molar-refractivity contribution >= 4 is 0 Å². The zero-order valence-electron chi connectivity index (χ0n) is 6.74. The predicted octanol–water partition coefficient (Wildman–Crippen LogP) is -1.58. The van der Waals surface area contributed by atoms with E-state index in [1.54, 1.807) is 0 Å². The molecule has 1 heterocycles. The number of nitrogens with zero attached hydrogens (tertiary/aromatic N) is 1. The summed E-state index contributed by atoms with van der Waals surface area (Å²) in [4.78, 5) is 3.58. The van der Waals surface area contributed by atoms with Crippen molar-refractivity contribution in [2.75, 3.05) is 6.61 Å². The molecule has 0 saturated carbocycles. The fourth-order valence-corrected chi connectivity index (χ4v) is 0.845. The number of hydrogen-bond acceptors (Lipinski definition) is 6. The van der Waals surface area contributed by atoms with Gasteiger partial charge in [0.15, 0.2) is 6.10 Å². The van der Waals surface area contributed by atoms with Gasteiger partial charge >= 0.3 is 0 Å². The monoisotopic (exact) mass is 189 g/mol. The summed E-state index contributed by atoms with van der Waals surface area (Å²) < 4.78 is 4.70. The first kappa shape index (κ1) is 10.1. The molecule has 0 saturated heterocycles. The molecule has 13 heavy (non-hydrogen) atoms. The first-order chi connectivity index (χ1) is 6.16. The fraction of sp³-hybridized carbons (Fsp3) is 0.571. The van der Waals surface area contributed by atoms with Crippen LogP contribution in [0.1, 0.15) is 12.0 Å². The lowest BCUT2D eigenvalue weighted by molar-refractivity contribution is -0.0852. The Morgan fingerprint density at radius 1 is 1.38 bits per heavy atom. The van der Waals surface area contributed by atoms with Gasteiger partial charge in [-0.15, -0.1) is 0 Å². The maximum atomic E-state index is 9.30. The van der Waals surface area contributed by atoms with E-state index in [1.807, 2.05) is 0 Å². The lowest BCUT2D eigenvalue weighted by Gasteiger charge is -2.18. The molecule has 0 aliphatic rings. The van der Waals surface area contributed by atoms with E-state index in [4.69, 9.17) is 14.6 Å². The topological polar surface area (TPSA) is 107 Å². The Bertz CT molecular complexity index is 237. The van der Waals surface area contributed by atoms with Crippen LogP contribution in [0, 0.1) is 0 Å². The highest BCUT2D eigenvalue weighted by Gasteiger charge is 2.28. The van der Waals surface area contributed by atoms with Gasteiger partial charge in [-0.1, -0.05) is 0 Å². The van der Waals surface area contributed by atoms with Crippen LogP contribution in [0.3, 0.4) is 0 Å². The van der Waals surface area contributed by atoms with Crippen molar-refractivity contribution in [1.29, 1.82) is 0 Å². The minimum Gasteiger partial charge on any atom is -0.446 e. The van der Waals surface area contributed by atoms with Crippen molar-refractivity contribution < 1.29 is 24.8 Å². The van der Waals surface area contributed by atoms with Crippen LogP contribution in [-0.4, -0.2) is 44.2 Å². The summed E-state index contributed by atoms with van der Waals surface area (Å²) in [6, 6.07) is 0. The highest BCUT2D eigenvalue weighted by molar-refractivity contribution is 4.91. The molecule has 74 valence electrons. The van der Waals surface area contributed by atoms with Crippen molar-refractivity contribution in [1.82, 2.24) is 4.98 Å². The van der Waals surface area contributed by atoms with Crippen LogP contribution in [0.5, 0.6) is 0 Å². The molecule has 3 atom stereocenters. The first-order valence-electron chi connectivity index (χ1n) is 3.71. The second kappa shape index (κ2) is 4.33. The smallest absolute Gasteiger partial charge is 0.225 e. The molecule has 4 N–H and O–H groups in total. The SMILES string of the molecule is OCC(O)C(O)C(O)c1ncco1. The molecule has 0 bridgehead atoms. The van der Waals surface area contributed by atoms with Gasteiger partial charge < -0.3 is 24.8 Å². The molecule has 1 aromatic heterocycles. The van der Waals surface area contributed by atoms with Gasteiger partial charge in [0, 0.05) is 0 Å². The van der Waals surface area contributed by atoms with Gasteiger partial charge in [-0.2, -0.15) is 0 Å². The van der Waals surface area contributed by atoms with E-state index in [0.29, 0.717) is 0 Å². The minimum atomic E-state index is -1.51. The molecule has 0 aliphatic heterocycles. The van der Waals surface area contributed by atoms with Crippen molar-refractivity contribution in [2.24, 2.45) is 0 Å². The van der Waals surface area contributed by atoms with Crippen molar-refractivity contribution in [3.63, 3.8) is 0 Å². The van der Waals surface area contributed by atoms with E-state index in [2.05, 4.69) is 4.98 Å². The van der Waals surface area contributed by atoms with E-state index in [9.17, 15) is 10.2 Å². The largest absolute Gasteiger partial charge is 0.446 e. The predicted molar refractivity (Wildman–Crippen MR) is 40.6 cm³/mol. The number of rotatable bonds is 4. The molecule has 0 aromatic carbocycles. The van der Waals surface area contributed by atoms with Gasteiger partial charge in [-0.05, 0) is 0 Å². The molecule has 1 rings (SSSR count). The molecule has 1 aromatic rings. The molecular weight excluding hydrogens is 178 g/mol. The van der Waals surface area contributed by atoms with Crippen LogP contribution in [0.15, 0.2) is 16.9 Å². The number of hydrogen-bond donors (Lipinski definition) is 4. The highest BCUT2D eigenvalue weighted by atomic mass is 16.4. The molecule has 3 unspecified atom stereocenters. The average Bonchev–Trinajstić information content (AvgIpc) is 2.67. The molecule has 0 radical (unpaired) electrons. The third kappa shape index (κ3) is 2.25. The first-order valence-corrected chi connectivity index (χ1v) is 3.71. The Kier molecular flexibility index (Phi) is 3.38. The van der Waals surface area contributed by atoms with E-state index in [1.165, 1.54) is 12.5 Å².